The van der Waals surface area contributed by atoms with Gasteiger partial charge in [-0.3, -0.25) is 14.6 Å². The highest BCUT2D eigenvalue weighted by Gasteiger charge is 2.65. The highest BCUT2D eigenvalue weighted by molar-refractivity contribution is 5.92. The first kappa shape index (κ1) is 26.3. The minimum absolute atomic E-state index is 0.0318. The molecule has 0 aliphatic carbocycles. The van der Waals surface area contributed by atoms with Gasteiger partial charge in [0, 0.05) is 63.8 Å². The predicted octanol–water partition coefficient (Wildman–Crippen LogP) is 2.10. The van der Waals surface area contributed by atoms with E-state index in [1.165, 1.54) is 0 Å². The lowest BCUT2D eigenvalue weighted by atomic mass is 9.60. The summed E-state index contributed by atoms with van der Waals surface area (Å²) in [4.78, 5) is 54.2. The Bertz CT molecular complexity index is 1140. The van der Waals surface area contributed by atoms with Gasteiger partial charge in [-0.2, -0.15) is 13.2 Å². The van der Waals surface area contributed by atoms with Gasteiger partial charge in [0.05, 0.1) is 5.41 Å². The number of anilines is 1. The number of hydrogen-bond donors (Lipinski definition) is 1. The molecule has 3 saturated heterocycles. The fourth-order valence-corrected chi connectivity index (χ4v) is 5.66. The molecule has 2 spiro atoms. The quantitative estimate of drug-likeness (QED) is 0.640. The lowest BCUT2D eigenvalue weighted by Gasteiger charge is -2.46. The average Bonchev–Trinajstić information content (AvgIpc) is 3.37. The number of nitrogens with zero attached hydrogens (tertiary/aromatic N) is 6. The van der Waals surface area contributed by atoms with Gasteiger partial charge in [0.1, 0.15) is 5.69 Å². The Morgan fingerprint density at radius 1 is 0.946 bits per heavy atom. The SMILES string of the molecule is CN1CCC2(CN(c3ncccn3)CC23CCN(C(=O)c2ccccn2)CC3)C1=O.O=C(O)C(F)(F)F. The van der Waals surface area contributed by atoms with E-state index in [1.54, 1.807) is 30.7 Å². The molecule has 0 radical (unpaired) electrons. The maximum absolute atomic E-state index is 13.4. The predicted molar refractivity (Wildman–Crippen MR) is 124 cm³/mol. The first-order chi connectivity index (χ1) is 17.5. The molecule has 5 rings (SSSR count). The summed E-state index contributed by atoms with van der Waals surface area (Å²) in [5.74, 6) is -1.88. The number of aromatic nitrogens is 3. The largest absolute Gasteiger partial charge is 0.490 e. The summed E-state index contributed by atoms with van der Waals surface area (Å²) in [5.41, 5.74) is -0.124. The van der Waals surface area contributed by atoms with Crippen LogP contribution in [0.2, 0.25) is 0 Å². The molecule has 198 valence electrons. The third-order valence-electron chi connectivity index (χ3n) is 7.57. The summed E-state index contributed by atoms with van der Waals surface area (Å²) in [5, 5.41) is 7.12. The maximum Gasteiger partial charge on any atom is 0.490 e. The zero-order chi connectivity index (χ0) is 26.8. The van der Waals surface area contributed by atoms with E-state index in [9.17, 15) is 22.8 Å². The molecular weight excluding hydrogens is 493 g/mol. The standard InChI is InChI=1S/C22H26N6O2.C2HF3O2/c1-26-12-8-22(19(26)30)16-28(20-24-10-4-11-25-20)15-21(22)6-13-27(14-7-21)18(29)17-5-2-3-9-23-17;3-2(4,5)1(6)7/h2-5,9-11H,6-8,12-16H2,1H3;(H,6,7). The van der Waals surface area contributed by atoms with Crippen LogP contribution in [-0.2, 0) is 9.59 Å². The van der Waals surface area contributed by atoms with Crippen LogP contribution in [0.5, 0.6) is 0 Å². The van der Waals surface area contributed by atoms with Crippen molar-refractivity contribution in [1.29, 1.82) is 0 Å². The average molecular weight is 521 g/mol. The normalized spacial score (nSPS) is 22.8. The van der Waals surface area contributed by atoms with Crippen molar-refractivity contribution in [3.63, 3.8) is 0 Å². The molecule has 3 aliphatic rings. The van der Waals surface area contributed by atoms with E-state index in [-0.39, 0.29) is 17.2 Å². The van der Waals surface area contributed by atoms with Crippen molar-refractivity contribution < 1.29 is 32.7 Å². The van der Waals surface area contributed by atoms with Gasteiger partial charge in [0.25, 0.3) is 5.91 Å². The zero-order valence-electron chi connectivity index (χ0n) is 20.2. The molecule has 5 heterocycles. The second-order valence-corrected chi connectivity index (χ2v) is 9.55. The Labute approximate surface area is 211 Å². The molecule has 10 nitrogen and oxygen atoms in total. The van der Waals surface area contributed by atoms with Crippen molar-refractivity contribution in [2.45, 2.75) is 25.4 Å². The van der Waals surface area contributed by atoms with E-state index in [0.717, 1.165) is 32.4 Å². The van der Waals surface area contributed by atoms with Gasteiger partial charge in [-0.1, -0.05) is 6.07 Å². The van der Waals surface area contributed by atoms with Gasteiger partial charge < -0.3 is 19.8 Å². The summed E-state index contributed by atoms with van der Waals surface area (Å²) in [6, 6.07) is 7.21. The molecular formula is C24H27F3N6O4. The third-order valence-corrected chi connectivity index (χ3v) is 7.57. The fraction of sp³-hybridized carbons (Fsp3) is 0.500. The minimum atomic E-state index is -5.08. The first-order valence-electron chi connectivity index (χ1n) is 11.8. The number of halogens is 3. The van der Waals surface area contributed by atoms with Gasteiger partial charge in [0.2, 0.25) is 11.9 Å². The number of amides is 2. The topological polar surface area (TPSA) is 120 Å². The number of piperidine rings is 1. The van der Waals surface area contributed by atoms with Crippen LogP contribution in [0, 0.1) is 10.8 Å². The summed E-state index contributed by atoms with van der Waals surface area (Å²) in [7, 11) is 1.90. The van der Waals surface area contributed by atoms with Crippen LogP contribution in [0.25, 0.3) is 0 Å². The Balaban J connectivity index is 0.000000405. The number of carboxylic acids is 1. The molecule has 1 atom stereocenters. The lowest BCUT2D eigenvalue weighted by molar-refractivity contribution is -0.192. The van der Waals surface area contributed by atoms with Crippen LogP contribution in [-0.4, -0.2) is 93.6 Å². The van der Waals surface area contributed by atoms with Crippen LogP contribution in [0.1, 0.15) is 29.8 Å². The van der Waals surface area contributed by atoms with Crippen molar-refractivity contribution in [2.75, 3.05) is 44.7 Å². The number of carboxylic acid groups (broad SMARTS) is 1. The van der Waals surface area contributed by atoms with Crippen LogP contribution in [0.3, 0.4) is 0 Å². The van der Waals surface area contributed by atoms with Gasteiger partial charge in [-0.25, -0.2) is 14.8 Å². The Morgan fingerprint density at radius 2 is 1.57 bits per heavy atom. The number of carbonyl (C=O) groups is 3. The molecule has 1 unspecified atom stereocenters. The Morgan fingerprint density at radius 3 is 2.08 bits per heavy atom. The van der Waals surface area contributed by atoms with Crippen molar-refractivity contribution in [3.8, 4) is 0 Å². The Kier molecular flexibility index (Phi) is 7.07. The number of aliphatic carboxylic acids is 1. The molecule has 1 N–H and O–H groups in total. The van der Waals surface area contributed by atoms with Crippen LogP contribution < -0.4 is 4.90 Å². The van der Waals surface area contributed by atoms with E-state index in [2.05, 4.69) is 19.9 Å². The summed E-state index contributed by atoms with van der Waals surface area (Å²) in [6.07, 6.45) is 2.51. The van der Waals surface area contributed by atoms with Crippen LogP contribution in [0.15, 0.2) is 42.9 Å². The second-order valence-electron chi connectivity index (χ2n) is 9.55. The van der Waals surface area contributed by atoms with E-state index in [0.29, 0.717) is 31.3 Å². The van der Waals surface area contributed by atoms with Gasteiger partial charge in [-0.15, -0.1) is 0 Å². The molecule has 3 aliphatic heterocycles. The second kappa shape index (κ2) is 9.94. The number of hydrogen-bond acceptors (Lipinski definition) is 7. The Hall–Kier alpha value is -3.77. The van der Waals surface area contributed by atoms with E-state index in [1.807, 2.05) is 29.0 Å². The fourth-order valence-electron chi connectivity index (χ4n) is 5.66. The summed E-state index contributed by atoms with van der Waals surface area (Å²) < 4.78 is 31.7. The molecule has 0 saturated carbocycles. The number of alkyl halides is 3. The molecule has 0 bridgehead atoms. The molecule has 2 aromatic heterocycles. The smallest absolute Gasteiger partial charge is 0.475 e. The van der Waals surface area contributed by atoms with Crippen molar-refractivity contribution in [2.24, 2.45) is 10.8 Å². The van der Waals surface area contributed by atoms with Crippen molar-refractivity contribution >= 4 is 23.7 Å². The molecule has 0 aromatic carbocycles. The number of pyridine rings is 1. The number of rotatable bonds is 2. The summed E-state index contributed by atoms with van der Waals surface area (Å²) >= 11 is 0. The summed E-state index contributed by atoms with van der Waals surface area (Å²) in [6.45, 7) is 3.45. The highest BCUT2D eigenvalue weighted by Crippen LogP contribution is 2.58. The van der Waals surface area contributed by atoms with Gasteiger partial charge in [0.15, 0.2) is 0 Å². The molecule has 37 heavy (non-hydrogen) atoms. The number of fused-ring (bicyclic) bond motifs is 1. The number of likely N-dealkylation sites (tertiary alicyclic amines) is 2. The maximum atomic E-state index is 13.4. The molecule has 2 amide bonds. The molecule has 3 fully saturated rings. The third kappa shape index (κ3) is 4.94. The van der Waals surface area contributed by atoms with Crippen LogP contribution in [0.4, 0.5) is 19.1 Å². The zero-order valence-corrected chi connectivity index (χ0v) is 20.2. The van der Waals surface area contributed by atoms with Crippen LogP contribution >= 0.6 is 0 Å². The minimum Gasteiger partial charge on any atom is -0.475 e. The van der Waals surface area contributed by atoms with Gasteiger partial charge in [-0.05, 0) is 37.5 Å². The van der Waals surface area contributed by atoms with E-state index >= 15 is 0 Å². The molecule has 13 heteroatoms. The first-order valence-corrected chi connectivity index (χ1v) is 11.8. The lowest BCUT2D eigenvalue weighted by Crippen LogP contribution is -2.53. The molecule has 2 aromatic rings. The van der Waals surface area contributed by atoms with E-state index < -0.39 is 17.6 Å². The monoisotopic (exact) mass is 520 g/mol. The van der Waals surface area contributed by atoms with E-state index in [4.69, 9.17) is 9.90 Å². The number of carbonyl (C=O) groups excluding carboxylic acids is 2. The van der Waals surface area contributed by atoms with Gasteiger partial charge >= 0.3 is 12.1 Å². The highest BCUT2D eigenvalue weighted by atomic mass is 19.4. The van der Waals surface area contributed by atoms with Crippen molar-refractivity contribution in [3.05, 3.63) is 48.5 Å². The van der Waals surface area contributed by atoms with Crippen molar-refractivity contribution in [1.82, 2.24) is 24.8 Å².